The van der Waals surface area contributed by atoms with Gasteiger partial charge in [0.2, 0.25) is 0 Å². The van der Waals surface area contributed by atoms with Crippen molar-refractivity contribution >= 4 is 11.9 Å². The van der Waals surface area contributed by atoms with E-state index >= 15 is 0 Å². The van der Waals surface area contributed by atoms with Gasteiger partial charge in [0, 0.05) is 6.20 Å². The maximum Gasteiger partial charge on any atom is 0.433 e. The number of esters is 1. The standard InChI is InChI=1S/C14H17F3N2O3/c1-4-8(2)11(13(21)22-3)19-12(20)9-5-6-10(18-7-9)14(15,16)17/h5-8,11H,4H2,1-3H3,(H,19,20). The van der Waals surface area contributed by atoms with Crippen molar-refractivity contribution in [3.63, 3.8) is 0 Å². The zero-order chi connectivity index (χ0) is 16.9. The van der Waals surface area contributed by atoms with Gasteiger partial charge < -0.3 is 10.1 Å². The van der Waals surface area contributed by atoms with Crippen LogP contribution in [-0.2, 0) is 15.7 Å². The van der Waals surface area contributed by atoms with Gasteiger partial charge in [-0.2, -0.15) is 13.2 Å². The summed E-state index contributed by atoms with van der Waals surface area (Å²) in [6, 6.07) is 0.853. The molecule has 5 nitrogen and oxygen atoms in total. The molecule has 0 saturated heterocycles. The van der Waals surface area contributed by atoms with Gasteiger partial charge in [-0.25, -0.2) is 4.79 Å². The van der Waals surface area contributed by atoms with Gasteiger partial charge in [0.05, 0.1) is 12.7 Å². The molecule has 122 valence electrons. The second kappa shape index (κ2) is 7.24. The molecule has 0 spiro atoms. The van der Waals surface area contributed by atoms with Crippen LogP contribution in [0.1, 0.15) is 36.3 Å². The molecule has 0 radical (unpaired) electrons. The molecule has 8 heteroatoms. The minimum Gasteiger partial charge on any atom is -0.467 e. The Labute approximate surface area is 125 Å². The summed E-state index contributed by atoms with van der Waals surface area (Å²) in [5.41, 5.74) is -1.15. The van der Waals surface area contributed by atoms with E-state index in [1.165, 1.54) is 7.11 Å². The van der Waals surface area contributed by atoms with E-state index in [4.69, 9.17) is 0 Å². The summed E-state index contributed by atoms with van der Waals surface area (Å²) in [6.45, 7) is 3.60. The molecule has 22 heavy (non-hydrogen) atoms. The number of methoxy groups -OCH3 is 1. The van der Waals surface area contributed by atoms with E-state index in [2.05, 4.69) is 15.0 Å². The van der Waals surface area contributed by atoms with Crippen molar-refractivity contribution in [2.75, 3.05) is 7.11 Å². The first kappa shape index (κ1) is 17.9. The van der Waals surface area contributed by atoms with Gasteiger partial charge in [0.1, 0.15) is 11.7 Å². The van der Waals surface area contributed by atoms with E-state index in [0.717, 1.165) is 12.3 Å². The zero-order valence-corrected chi connectivity index (χ0v) is 12.4. The van der Waals surface area contributed by atoms with E-state index in [1.807, 2.05) is 6.92 Å². The average molecular weight is 318 g/mol. The molecule has 0 aliphatic heterocycles. The number of hydrogen-bond acceptors (Lipinski definition) is 4. The monoisotopic (exact) mass is 318 g/mol. The van der Waals surface area contributed by atoms with Gasteiger partial charge in [-0.15, -0.1) is 0 Å². The normalized spacial score (nSPS) is 14.1. The lowest BCUT2D eigenvalue weighted by molar-refractivity contribution is -0.144. The molecule has 1 heterocycles. The number of nitrogens with one attached hydrogen (secondary N) is 1. The predicted octanol–water partition coefficient (Wildman–Crippen LogP) is 2.42. The molecule has 1 N–H and O–H groups in total. The van der Waals surface area contributed by atoms with Crippen molar-refractivity contribution in [3.8, 4) is 0 Å². The third-order valence-corrected chi connectivity index (χ3v) is 3.27. The number of ether oxygens (including phenoxy) is 1. The number of alkyl halides is 3. The van der Waals surface area contributed by atoms with Gasteiger partial charge in [-0.3, -0.25) is 9.78 Å². The predicted molar refractivity (Wildman–Crippen MR) is 72.0 cm³/mol. The summed E-state index contributed by atoms with van der Waals surface area (Å²) in [5, 5.41) is 2.46. The third kappa shape index (κ3) is 4.44. The maximum atomic E-state index is 12.4. The second-order valence-electron chi connectivity index (χ2n) is 4.79. The Hall–Kier alpha value is -2.12. The van der Waals surface area contributed by atoms with Crippen LogP contribution in [-0.4, -0.2) is 30.0 Å². The number of halogens is 3. The van der Waals surface area contributed by atoms with E-state index in [1.54, 1.807) is 6.92 Å². The number of amides is 1. The summed E-state index contributed by atoms with van der Waals surface area (Å²) in [5.74, 6) is -1.47. The largest absolute Gasteiger partial charge is 0.467 e. The summed E-state index contributed by atoms with van der Waals surface area (Å²) in [4.78, 5) is 26.9. The summed E-state index contributed by atoms with van der Waals surface area (Å²) >= 11 is 0. The van der Waals surface area contributed by atoms with E-state index in [9.17, 15) is 22.8 Å². The van der Waals surface area contributed by atoms with E-state index in [-0.39, 0.29) is 11.5 Å². The first-order valence-corrected chi connectivity index (χ1v) is 6.62. The highest BCUT2D eigenvalue weighted by Crippen LogP contribution is 2.27. The van der Waals surface area contributed by atoms with Gasteiger partial charge in [-0.05, 0) is 18.1 Å². The van der Waals surface area contributed by atoms with Crippen molar-refractivity contribution in [2.24, 2.45) is 5.92 Å². The average Bonchev–Trinajstić information content (AvgIpc) is 2.50. The number of rotatable bonds is 5. The highest BCUT2D eigenvalue weighted by Gasteiger charge is 2.32. The molecule has 0 aromatic carbocycles. The fourth-order valence-corrected chi connectivity index (χ4v) is 1.72. The Morgan fingerprint density at radius 2 is 2.00 bits per heavy atom. The Balaban J connectivity index is 2.88. The Bertz CT molecular complexity index is 529. The van der Waals surface area contributed by atoms with Crippen molar-refractivity contribution < 1.29 is 27.5 Å². The quantitative estimate of drug-likeness (QED) is 0.847. The summed E-state index contributed by atoms with van der Waals surface area (Å²) < 4.78 is 41.8. The molecule has 1 aromatic heterocycles. The first-order valence-electron chi connectivity index (χ1n) is 6.62. The zero-order valence-electron chi connectivity index (χ0n) is 12.4. The topological polar surface area (TPSA) is 68.3 Å². The smallest absolute Gasteiger partial charge is 0.433 e. The Kier molecular flexibility index (Phi) is 5.90. The van der Waals surface area contributed by atoms with Crippen LogP contribution < -0.4 is 5.32 Å². The molecular formula is C14H17F3N2O3. The molecule has 0 aliphatic carbocycles. The van der Waals surface area contributed by atoms with Crippen LogP contribution in [0.5, 0.6) is 0 Å². The molecular weight excluding hydrogens is 301 g/mol. The molecule has 0 saturated carbocycles. The van der Waals surface area contributed by atoms with Crippen LogP contribution in [0.15, 0.2) is 18.3 Å². The Morgan fingerprint density at radius 3 is 2.41 bits per heavy atom. The molecule has 2 unspecified atom stereocenters. The number of pyridine rings is 1. The van der Waals surface area contributed by atoms with Crippen LogP contribution in [0.25, 0.3) is 0 Å². The highest BCUT2D eigenvalue weighted by atomic mass is 19.4. The van der Waals surface area contributed by atoms with E-state index in [0.29, 0.717) is 12.5 Å². The fourth-order valence-electron chi connectivity index (χ4n) is 1.72. The lowest BCUT2D eigenvalue weighted by atomic mass is 9.99. The summed E-state index contributed by atoms with van der Waals surface area (Å²) in [6.07, 6.45) is -3.13. The Morgan fingerprint density at radius 1 is 1.36 bits per heavy atom. The van der Waals surface area contributed by atoms with Crippen molar-refractivity contribution in [3.05, 3.63) is 29.6 Å². The van der Waals surface area contributed by atoms with Crippen LogP contribution in [0.2, 0.25) is 0 Å². The van der Waals surface area contributed by atoms with Gasteiger partial charge in [-0.1, -0.05) is 20.3 Å². The summed E-state index contributed by atoms with van der Waals surface area (Å²) in [7, 11) is 1.20. The highest BCUT2D eigenvalue weighted by molar-refractivity contribution is 5.96. The van der Waals surface area contributed by atoms with Gasteiger partial charge in [0.15, 0.2) is 0 Å². The molecule has 1 rings (SSSR count). The minimum absolute atomic E-state index is 0.0646. The van der Waals surface area contributed by atoms with Gasteiger partial charge >= 0.3 is 12.1 Å². The lowest BCUT2D eigenvalue weighted by Gasteiger charge is -2.21. The lowest BCUT2D eigenvalue weighted by Crippen LogP contribution is -2.45. The minimum atomic E-state index is -4.57. The molecule has 0 bridgehead atoms. The number of carbonyl (C=O) groups excluding carboxylic acids is 2. The van der Waals surface area contributed by atoms with Crippen molar-refractivity contribution in [1.29, 1.82) is 0 Å². The number of nitrogens with zero attached hydrogens (tertiary/aromatic N) is 1. The molecule has 2 atom stereocenters. The number of carbonyl (C=O) groups is 2. The molecule has 0 fully saturated rings. The first-order chi connectivity index (χ1) is 10.2. The fraction of sp³-hybridized carbons (Fsp3) is 0.500. The number of aromatic nitrogens is 1. The van der Waals surface area contributed by atoms with Crippen molar-refractivity contribution in [1.82, 2.24) is 10.3 Å². The van der Waals surface area contributed by atoms with Crippen LogP contribution in [0, 0.1) is 5.92 Å². The van der Waals surface area contributed by atoms with E-state index < -0.39 is 29.8 Å². The van der Waals surface area contributed by atoms with Crippen molar-refractivity contribution in [2.45, 2.75) is 32.5 Å². The third-order valence-electron chi connectivity index (χ3n) is 3.27. The van der Waals surface area contributed by atoms with Crippen LogP contribution in [0.4, 0.5) is 13.2 Å². The SMILES string of the molecule is CCC(C)C(NC(=O)c1ccc(C(F)(F)F)nc1)C(=O)OC. The van der Waals surface area contributed by atoms with Gasteiger partial charge in [0.25, 0.3) is 5.91 Å². The number of hydrogen-bond donors (Lipinski definition) is 1. The molecule has 1 amide bonds. The van der Waals surface area contributed by atoms with Crippen LogP contribution >= 0.6 is 0 Å². The van der Waals surface area contributed by atoms with Crippen LogP contribution in [0.3, 0.4) is 0 Å². The molecule has 0 aliphatic rings. The molecule has 1 aromatic rings. The maximum absolute atomic E-state index is 12.4. The second-order valence-corrected chi connectivity index (χ2v) is 4.79.